The summed E-state index contributed by atoms with van der Waals surface area (Å²) in [5.74, 6) is -0.481. The quantitative estimate of drug-likeness (QED) is 0.674. The highest BCUT2D eigenvalue weighted by atomic mass is 19.1. The summed E-state index contributed by atoms with van der Waals surface area (Å²) in [5, 5.41) is 12.9. The molecule has 0 aromatic heterocycles. The first-order valence-electron chi connectivity index (χ1n) is 6.48. The first-order chi connectivity index (χ1) is 8.99. The third-order valence-corrected chi connectivity index (χ3v) is 3.60. The molecule has 2 atom stereocenters. The van der Waals surface area contributed by atoms with E-state index in [2.05, 4.69) is 19.3 Å². The van der Waals surface area contributed by atoms with Crippen LogP contribution in [0.2, 0.25) is 0 Å². The van der Waals surface area contributed by atoms with Gasteiger partial charge in [-0.1, -0.05) is 6.42 Å². The summed E-state index contributed by atoms with van der Waals surface area (Å²) in [4.78, 5) is 10.5. The predicted molar refractivity (Wildman–Crippen MR) is 71.3 cm³/mol. The lowest BCUT2D eigenvalue weighted by Crippen LogP contribution is -2.47. The molecule has 0 spiro atoms. The number of piperidine rings is 1. The Balaban J connectivity index is 2.26. The number of nitrogens with one attached hydrogen (secondary N) is 1. The van der Waals surface area contributed by atoms with Gasteiger partial charge in [0.2, 0.25) is 0 Å². The number of hydrazine groups is 1. The van der Waals surface area contributed by atoms with Gasteiger partial charge in [0.25, 0.3) is 5.69 Å². The fourth-order valence-electron chi connectivity index (χ4n) is 2.54. The number of anilines is 1. The third-order valence-electron chi connectivity index (χ3n) is 3.60. The van der Waals surface area contributed by atoms with Crippen LogP contribution in [0.25, 0.3) is 0 Å². The SMILES string of the molecule is CC1CCCC(C)N1Nc1cc(F)ccc1[N+](=O)[O-]. The van der Waals surface area contributed by atoms with Crippen LogP contribution in [0.4, 0.5) is 15.8 Å². The van der Waals surface area contributed by atoms with Gasteiger partial charge in [-0.05, 0) is 32.8 Å². The van der Waals surface area contributed by atoms with E-state index >= 15 is 0 Å². The van der Waals surface area contributed by atoms with Crippen LogP contribution < -0.4 is 5.43 Å². The maximum absolute atomic E-state index is 13.3. The molecular formula is C13H18FN3O2. The summed E-state index contributed by atoms with van der Waals surface area (Å²) >= 11 is 0. The maximum atomic E-state index is 13.3. The van der Waals surface area contributed by atoms with Gasteiger partial charge in [0.05, 0.1) is 4.92 Å². The van der Waals surface area contributed by atoms with Crippen LogP contribution in [-0.4, -0.2) is 22.0 Å². The highest BCUT2D eigenvalue weighted by Crippen LogP contribution is 2.29. The van der Waals surface area contributed by atoms with E-state index in [4.69, 9.17) is 0 Å². The summed E-state index contributed by atoms with van der Waals surface area (Å²) < 4.78 is 13.3. The maximum Gasteiger partial charge on any atom is 0.293 e. The molecule has 0 saturated carbocycles. The molecule has 19 heavy (non-hydrogen) atoms. The Morgan fingerprint density at radius 3 is 2.58 bits per heavy atom. The first-order valence-corrected chi connectivity index (χ1v) is 6.48. The van der Waals surface area contributed by atoms with Gasteiger partial charge in [-0.15, -0.1) is 0 Å². The van der Waals surface area contributed by atoms with Gasteiger partial charge in [0.1, 0.15) is 11.5 Å². The second-order valence-electron chi connectivity index (χ2n) is 5.07. The molecule has 1 aliphatic rings. The van der Waals surface area contributed by atoms with Crippen molar-refractivity contribution in [1.82, 2.24) is 5.01 Å². The molecule has 2 rings (SSSR count). The number of benzene rings is 1. The molecule has 1 saturated heterocycles. The van der Waals surface area contributed by atoms with Gasteiger partial charge in [-0.25, -0.2) is 9.40 Å². The third kappa shape index (κ3) is 3.01. The normalized spacial score (nSPS) is 24.2. The van der Waals surface area contributed by atoms with Gasteiger partial charge in [-0.3, -0.25) is 10.1 Å². The molecule has 0 radical (unpaired) electrons. The monoisotopic (exact) mass is 267 g/mol. The van der Waals surface area contributed by atoms with Crippen LogP contribution in [-0.2, 0) is 0 Å². The zero-order valence-electron chi connectivity index (χ0n) is 11.1. The molecule has 0 bridgehead atoms. The molecule has 0 aliphatic carbocycles. The van der Waals surface area contributed by atoms with Crippen molar-refractivity contribution < 1.29 is 9.31 Å². The number of nitro groups is 1. The summed E-state index contributed by atoms with van der Waals surface area (Å²) in [6, 6.07) is 4.01. The first kappa shape index (κ1) is 13.7. The van der Waals surface area contributed by atoms with Gasteiger partial charge in [-0.2, -0.15) is 0 Å². The van der Waals surface area contributed by atoms with E-state index in [0.717, 1.165) is 25.3 Å². The molecule has 1 N–H and O–H groups in total. The Hall–Kier alpha value is -1.69. The molecular weight excluding hydrogens is 249 g/mol. The lowest BCUT2D eigenvalue weighted by molar-refractivity contribution is -0.384. The van der Waals surface area contributed by atoms with E-state index in [1.165, 1.54) is 12.1 Å². The topological polar surface area (TPSA) is 58.4 Å². The summed E-state index contributed by atoms with van der Waals surface area (Å²) in [6.07, 6.45) is 3.20. The molecule has 6 heteroatoms. The Morgan fingerprint density at radius 1 is 1.37 bits per heavy atom. The smallest absolute Gasteiger partial charge is 0.293 e. The fourth-order valence-corrected chi connectivity index (χ4v) is 2.54. The van der Waals surface area contributed by atoms with Gasteiger partial charge >= 0.3 is 0 Å². The van der Waals surface area contributed by atoms with E-state index in [0.29, 0.717) is 0 Å². The summed E-state index contributed by atoms with van der Waals surface area (Å²) in [5.41, 5.74) is 3.13. The molecule has 0 amide bonds. The number of nitrogens with zero attached hydrogens (tertiary/aromatic N) is 2. The van der Waals surface area contributed by atoms with Crippen LogP contribution in [0, 0.1) is 15.9 Å². The van der Waals surface area contributed by atoms with Crippen molar-refractivity contribution >= 4 is 11.4 Å². The minimum atomic E-state index is -0.499. The Bertz CT molecular complexity index is 471. The zero-order chi connectivity index (χ0) is 14.0. The minimum Gasteiger partial charge on any atom is -0.312 e. The van der Waals surface area contributed by atoms with E-state index < -0.39 is 10.7 Å². The van der Waals surface area contributed by atoms with Gasteiger partial charge in [0, 0.05) is 24.2 Å². The van der Waals surface area contributed by atoms with E-state index in [1.807, 2.05) is 5.01 Å². The Morgan fingerprint density at radius 2 is 2.00 bits per heavy atom. The molecule has 5 nitrogen and oxygen atoms in total. The molecule has 1 heterocycles. The standard InChI is InChI=1S/C13H18FN3O2/c1-9-4-3-5-10(2)16(9)15-12-8-11(14)6-7-13(12)17(18)19/h6-10,15H,3-5H2,1-2H3. The number of halogens is 1. The molecule has 104 valence electrons. The molecule has 2 unspecified atom stereocenters. The van der Waals surface area contributed by atoms with Crippen LogP contribution >= 0.6 is 0 Å². The van der Waals surface area contributed by atoms with Crippen molar-refractivity contribution in [3.8, 4) is 0 Å². The van der Waals surface area contributed by atoms with Crippen LogP contribution in [0.1, 0.15) is 33.1 Å². The molecule has 1 aromatic rings. The molecule has 1 aromatic carbocycles. The second kappa shape index (κ2) is 5.52. The predicted octanol–water partition coefficient (Wildman–Crippen LogP) is 3.32. The highest BCUT2D eigenvalue weighted by molar-refractivity contribution is 5.60. The fraction of sp³-hybridized carbons (Fsp3) is 0.538. The van der Waals surface area contributed by atoms with Crippen molar-refractivity contribution in [2.24, 2.45) is 0 Å². The van der Waals surface area contributed by atoms with Gasteiger partial charge in [0.15, 0.2) is 0 Å². The van der Waals surface area contributed by atoms with E-state index in [1.54, 1.807) is 0 Å². The Kier molecular flexibility index (Phi) is 3.99. The van der Waals surface area contributed by atoms with Crippen LogP contribution in [0.5, 0.6) is 0 Å². The lowest BCUT2D eigenvalue weighted by atomic mass is 10.00. The number of nitro benzene ring substituents is 1. The van der Waals surface area contributed by atoms with E-state index in [9.17, 15) is 14.5 Å². The van der Waals surface area contributed by atoms with Crippen molar-refractivity contribution in [3.63, 3.8) is 0 Å². The molecule has 1 fully saturated rings. The average molecular weight is 267 g/mol. The minimum absolute atomic E-state index is 0.105. The van der Waals surface area contributed by atoms with Crippen molar-refractivity contribution in [2.75, 3.05) is 5.43 Å². The van der Waals surface area contributed by atoms with Crippen molar-refractivity contribution in [1.29, 1.82) is 0 Å². The van der Waals surface area contributed by atoms with Crippen molar-refractivity contribution in [3.05, 3.63) is 34.1 Å². The zero-order valence-corrected chi connectivity index (χ0v) is 11.1. The van der Waals surface area contributed by atoms with Crippen LogP contribution in [0.3, 0.4) is 0 Å². The van der Waals surface area contributed by atoms with Crippen molar-refractivity contribution in [2.45, 2.75) is 45.2 Å². The van der Waals surface area contributed by atoms with Crippen LogP contribution in [0.15, 0.2) is 18.2 Å². The summed E-state index contributed by atoms with van der Waals surface area (Å²) in [7, 11) is 0. The highest BCUT2D eigenvalue weighted by Gasteiger charge is 2.26. The number of hydrogen-bond acceptors (Lipinski definition) is 4. The van der Waals surface area contributed by atoms with E-state index in [-0.39, 0.29) is 23.5 Å². The Labute approximate surface area is 111 Å². The number of hydrogen-bond donors (Lipinski definition) is 1. The van der Waals surface area contributed by atoms with Gasteiger partial charge < -0.3 is 5.43 Å². The molecule has 1 aliphatic heterocycles. The second-order valence-corrected chi connectivity index (χ2v) is 5.07. The number of rotatable bonds is 3. The average Bonchev–Trinajstić information content (AvgIpc) is 2.33. The summed E-state index contributed by atoms with van der Waals surface area (Å²) in [6.45, 7) is 4.13. The largest absolute Gasteiger partial charge is 0.312 e. The lowest BCUT2D eigenvalue weighted by Gasteiger charge is -2.39.